The van der Waals surface area contributed by atoms with Gasteiger partial charge in [-0.1, -0.05) is 6.07 Å². The Bertz CT molecular complexity index is 386. The molecule has 0 aliphatic rings. The molecule has 0 heterocycles. The molecule has 0 aliphatic heterocycles. The van der Waals surface area contributed by atoms with E-state index in [1.807, 2.05) is 25.8 Å². The van der Waals surface area contributed by atoms with Crippen molar-refractivity contribution in [2.75, 3.05) is 13.6 Å². The van der Waals surface area contributed by atoms with E-state index in [0.29, 0.717) is 12.1 Å². The number of nitrogens with two attached hydrogens (primary N) is 1. The van der Waals surface area contributed by atoms with Crippen molar-refractivity contribution >= 4 is 0 Å². The second-order valence-electron chi connectivity index (χ2n) is 5.57. The number of nitrogens with zero attached hydrogens (tertiary/aromatic N) is 1. The highest BCUT2D eigenvalue weighted by Crippen LogP contribution is 2.13. The molecule has 102 valence electrons. The van der Waals surface area contributed by atoms with Crippen LogP contribution in [-0.2, 0) is 6.54 Å². The molecule has 2 nitrogen and oxygen atoms in total. The van der Waals surface area contributed by atoms with Crippen LogP contribution in [-0.4, -0.2) is 24.0 Å². The third kappa shape index (κ3) is 5.56. The molecule has 0 saturated carbocycles. The summed E-state index contributed by atoms with van der Waals surface area (Å²) in [7, 11) is 1.92. The van der Waals surface area contributed by atoms with Crippen LogP contribution in [0.4, 0.5) is 8.78 Å². The van der Waals surface area contributed by atoms with Gasteiger partial charge in [0.05, 0.1) is 0 Å². The second kappa shape index (κ2) is 6.25. The van der Waals surface area contributed by atoms with Gasteiger partial charge in [-0.3, -0.25) is 0 Å². The van der Waals surface area contributed by atoms with Gasteiger partial charge >= 0.3 is 0 Å². The van der Waals surface area contributed by atoms with Crippen LogP contribution in [0.5, 0.6) is 0 Å². The van der Waals surface area contributed by atoms with Crippen LogP contribution < -0.4 is 5.73 Å². The lowest BCUT2D eigenvalue weighted by Crippen LogP contribution is -2.33. The van der Waals surface area contributed by atoms with E-state index < -0.39 is 11.6 Å². The molecule has 0 spiro atoms. The van der Waals surface area contributed by atoms with E-state index in [0.717, 1.165) is 25.5 Å². The lowest BCUT2D eigenvalue weighted by atomic mass is 10.00. The molecule has 0 unspecified atom stereocenters. The maximum Gasteiger partial charge on any atom is 0.130 e. The van der Waals surface area contributed by atoms with E-state index >= 15 is 0 Å². The monoisotopic (exact) mass is 256 g/mol. The van der Waals surface area contributed by atoms with E-state index in [-0.39, 0.29) is 5.54 Å². The van der Waals surface area contributed by atoms with Crippen molar-refractivity contribution in [1.29, 1.82) is 0 Å². The van der Waals surface area contributed by atoms with Gasteiger partial charge in [-0.2, -0.15) is 0 Å². The van der Waals surface area contributed by atoms with Crippen LogP contribution in [0.3, 0.4) is 0 Å². The molecule has 0 saturated heterocycles. The molecule has 18 heavy (non-hydrogen) atoms. The Morgan fingerprint density at radius 2 is 1.94 bits per heavy atom. The Morgan fingerprint density at radius 3 is 2.50 bits per heavy atom. The minimum Gasteiger partial charge on any atom is -0.326 e. The molecule has 0 aliphatic carbocycles. The van der Waals surface area contributed by atoms with Crippen molar-refractivity contribution in [3.63, 3.8) is 0 Å². The van der Waals surface area contributed by atoms with Crippen molar-refractivity contribution in [3.05, 3.63) is 35.4 Å². The third-order valence-electron chi connectivity index (χ3n) is 2.82. The van der Waals surface area contributed by atoms with Crippen LogP contribution in [0.2, 0.25) is 0 Å². The minimum atomic E-state index is -0.538. The van der Waals surface area contributed by atoms with Gasteiger partial charge in [0.2, 0.25) is 0 Å². The molecule has 1 aromatic rings. The summed E-state index contributed by atoms with van der Waals surface area (Å²) in [5.41, 5.74) is 6.25. The van der Waals surface area contributed by atoms with Crippen LogP contribution in [0.25, 0.3) is 0 Å². The molecular formula is C14H22F2N2. The van der Waals surface area contributed by atoms with Crippen LogP contribution >= 0.6 is 0 Å². The van der Waals surface area contributed by atoms with E-state index in [1.54, 1.807) is 0 Å². The summed E-state index contributed by atoms with van der Waals surface area (Å²) in [4.78, 5) is 2.02. The lowest BCUT2D eigenvalue weighted by molar-refractivity contribution is 0.298. The SMILES string of the molecule is CN(CCCC(C)(C)N)Cc1ccc(F)cc1F. The molecule has 0 amide bonds. The summed E-state index contributed by atoms with van der Waals surface area (Å²) >= 11 is 0. The molecule has 1 aromatic carbocycles. The molecule has 0 aromatic heterocycles. The molecule has 0 radical (unpaired) electrons. The second-order valence-corrected chi connectivity index (χ2v) is 5.57. The molecular weight excluding hydrogens is 234 g/mol. The van der Waals surface area contributed by atoms with Crippen LogP contribution in [0.15, 0.2) is 18.2 Å². The van der Waals surface area contributed by atoms with Gasteiger partial charge in [0.25, 0.3) is 0 Å². The molecule has 0 fully saturated rings. The maximum absolute atomic E-state index is 13.4. The van der Waals surface area contributed by atoms with Gasteiger partial charge < -0.3 is 10.6 Å². The van der Waals surface area contributed by atoms with E-state index in [9.17, 15) is 8.78 Å². The highest BCUT2D eigenvalue weighted by Gasteiger charge is 2.11. The Kier molecular flexibility index (Phi) is 5.23. The fourth-order valence-electron chi connectivity index (χ4n) is 1.82. The van der Waals surface area contributed by atoms with Crippen molar-refractivity contribution in [1.82, 2.24) is 4.90 Å². The Balaban J connectivity index is 2.42. The average Bonchev–Trinajstić information content (AvgIpc) is 2.20. The first-order valence-electron chi connectivity index (χ1n) is 6.19. The Hall–Kier alpha value is -1.00. The van der Waals surface area contributed by atoms with Crippen LogP contribution in [0, 0.1) is 11.6 Å². The predicted molar refractivity (Wildman–Crippen MR) is 70.2 cm³/mol. The first kappa shape index (κ1) is 15.1. The number of benzene rings is 1. The Morgan fingerprint density at radius 1 is 1.28 bits per heavy atom. The van der Waals surface area contributed by atoms with Crippen molar-refractivity contribution in [2.24, 2.45) is 5.73 Å². The predicted octanol–water partition coefficient (Wildman–Crippen LogP) is 2.91. The first-order valence-corrected chi connectivity index (χ1v) is 6.19. The van der Waals surface area contributed by atoms with Crippen LogP contribution in [0.1, 0.15) is 32.3 Å². The number of halogens is 2. The zero-order chi connectivity index (χ0) is 13.8. The minimum absolute atomic E-state index is 0.165. The zero-order valence-electron chi connectivity index (χ0n) is 11.3. The van der Waals surface area contributed by atoms with Crippen molar-refractivity contribution < 1.29 is 8.78 Å². The maximum atomic E-state index is 13.4. The number of hydrogen-bond acceptors (Lipinski definition) is 2. The highest BCUT2D eigenvalue weighted by molar-refractivity contribution is 5.18. The zero-order valence-corrected chi connectivity index (χ0v) is 11.3. The fourth-order valence-corrected chi connectivity index (χ4v) is 1.82. The van der Waals surface area contributed by atoms with Gasteiger partial charge in [0, 0.05) is 23.7 Å². The quantitative estimate of drug-likeness (QED) is 0.848. The summed E-state index contributed by atoms with van der Waals surface area (Å²) in [5, 5.41) is 0. The average molecular weight is 256 g/mol. The molecule has 4 heteroatoms. The largest absolute Gasteiger partial charge is 0.326 e. The Labute approximate surface area is 108 Å². The van der Waals surface area contributed by atoms with E-state index in [2.05, 4.69) is 0 Å². The van der Waals surface area contributed by atoms with E-state index in [4.69, 9.17) is 5.73 Å². The summed E-state index contributed by atoms with van der Waals surface area (Å²) in [6.07, 6.45) is 1.88. The van der Waals surface area contributed by atoms with Gasteiger partial charge in [-0.05, 0) is 46.3 Å². The topological polar surface area (TPSA) is 29.3 Å². The normalized spacial score (nSPS) is 12.2. The standard InChI is InChI=1S/C14H22F2N2/c1-14(2,17)7-4-8-18(3)10-11-5-6-12(15)9-13(11)16/h5-6,9H,4,7-8,10,17H2,1-3H3. The summed E-state index contributed by atoms with van der Waals surface area (Å²) in [5.74, 6) is -1.02. The lowest BCUT2D eigenvalue weighted by Gasteiger charge is -2.21. The molecule has 0 bridgehead atoms. The fraction of sp³-hybridized carbons (Fsp3) is 0.571. The van der Waals surface area contributed by atoms with Crippen molar-refractivity contribution in [3.8, 4) is 0 Å². The van der Waals surface area contributed by atoms with Gasteiger partial charge in [-0.15, -0.1) is 0 Å². The summed E-state index contributed by atoms with van der Waals surface area (Å²) in [6.45, 7) is 5.31. The van der Waals surface area contributed by atoms with Gasteiger partial charge in [0.1, 0.15) is 11.6 Å². The summed E-state index contributed by atoms with van der Waals surface area (Å²) < 4.78 is 26.2. The first-order chi connectivity index (χ1) is 8.28. The van der Waals surface area contributed by atoms with Gasteiger partial charge in [0.15, 0.2) is 0 Å². The van der Waals surface area contributed by atoms with Crippen molar-refractivity contribution in [2.45, 2.75) is 38.8 Å². The molecule has 2 N–H and O–H groups in total. The number of hydrogen-bond donors (Lipinski definition) is 1. The number of rotatable bonds is 6. The summed E-state index contributed by atoms with van der Waals surface area (Å²) in [6, 6.07) is 3.70. The third-order valence-corrected chi connectivity index (χ3v) is 2.82. The van der Waals surface area contributed by atoms with Gasteiger partial charge in [-0.25, -0.2) is 8.78 Å². The van der Waals surface area contributed by atoms with E-state index in [1.165, 1.54) is 12.1 Å². The molecule has 0 atom stereocenters. The smallest absolute Gasteiger partial charge is 0.130 e. The highest BCUT2D eigenvalue weighted by atomic mass is 19.1. The molecule has 1 rings (SSSR count).